The van der Waals surface area contributed by atoms with Crippen LogP contribution in [0.4, 0.5) is 5.69 Å². The number of ether oxygens (including phenoxy) is 1. The summed E-state index contributed by atoms with van der Waals surface area (Å²) in [6, 6.07) is 13.3. The van der Waals surface area contributed by atoms with Gasteiger partial charge in [-0.3, -0.25) is 4.79 Å². The minimum atomic E-state index is -3.73. The normalized spacial score (nSPS) is 17.0. The summed E-state index contributed by atoms with van der Waals surface area (Å²) in [5.41, 5.74) is 2.00. The number of benzene rings is 2. The summed E-state index contributed by atoms with van der Waals surface area (Å²) in [6.45, 7) is 1.66. The van der Waals surface area contributed by atoms with E-state index in [2.05, 4.69) is 10.3 Å². The van der Waals surface area contributed by atoms with E-state index in [1.807, 2.05) is 30.3 Å². The Hall–Kier alpha value is -3.37. The fraction of sp³-hybridized carbons (Fsp3) is 0.238. The molecule has 31 heavy (non-hydrogen) atoms. The van der Waals surface area contributed by atoms with Crippen LogP contribution in [0.2, 0.25) is 0 Å². The van der Waals surface area contributed by atoms with E-state index in [-0.39, 0.29) is 27.9 Å². The number of nitroso groups, excluding NO2 is 1. The number of hydrogen-bond donors (Lipinski definition) is 0. The third kappa shape index (κ3) is 3.24. The first-order chi connectivity index (χ1) is 15.0. The van der Waals surface area contributed by atoms with Crippen LogP contribution in [0.25, 0.3) is 16.9 Å². The Kier molecular flexibility index (Phi) is 4.67. The van der Waals surface area contributed by atoms with Crippen molar-refractivity contribution in [3.05, 3.63) is 64.7 Å². The highest BCUT2D eigenvalue weighted by atomic mass is 32.2. The molecule has 1 saturated heterocycles. The molecule has 0 saturated carbocycles. The van der Waals surface area contributed by atoms with E-state index >= 15 is 0 Å². The van der Waals surface area contributed by atoms with Gasteiger partial charge in [-0.1, -0.05) is 18.2 Å². The lowest BCUT2D eigenvalue weighted by Gasteiger charge is -2.26. The van der Waals surface area contributed by atoms with Gasteiger partial charge in [-0.15, -0.1) is 4.91 Å². The highest BCUT2D eigenvalue weighted by Crippen LogP contribution is 2.42. The van der Waals surface area contributed by atoms with Gasteiger partial charge in [0, 0.05) is 24.2 Å². The van der Waals surface area contributed by atoms with Gasteiger partial charge in [-0.2, -0.15) is 5.10 Å². The molecule has 9 nitrogen and oxygen atoms in total. The molecule has 158 valence electrons. The molecule has 0 N–H and O–H groups in total. The fourth-order valence-electron chi connectivity index (χ4n) is 4.01. The van der Waals surface area contributed by atoms with Gasteiger partial charge in [-0.05, 0) is 35.5 Å². The number of para-hydroxylation sites is 1. The molecule has 2 aromatic carbocycles. The van der Waals surface area contributed by atoms with Crippen LogP contribution in [0.3, 0.4) is 0 Å². The molecule has 0 aliphatic carbocycles. The van der Waals surface area contributed by atoms with Crippen molar-refractivity contribution in [3.63, 3.8) is 0 Å². The molecule has 2 aliphatic heterocycles. The van der Waals surface area contributed by atoms with Crippen LogP contribution in [-0.2, 0) is 20.3 Å². The summed E-state index contributed by atoms with van der Waals surface area (Å²) in [5, 5.41) is 7.52. The van der Waals surface area contributed by atoms with E-state index in [0.717, 1.165) is 0 Å². The molecule has 0 radical (unpaired) electrons. The molecule has 0 bridgehead atoms. The smallest absolute Gasteiger partial charge is 0.274 e. The van der Waals surface area contributed by atoms with Gasteiger partial charge in [0.05, 0.1) is 35.2 Å². The number of carbonyl (C=O) groups excluding carboxylic acids is 1. The number of fused-ring (bicyclic) bond motifs is 3. The van der Waals surface area contributed by atoms with Crippen LogP contribution < -0.4 is 0 Å². The maximum atomic E-state index is 13.3. The van der Waals surface area contributed by atoms with Gasteiger partial charge < -0.3 is 9.64 Å². The van der Waals surface area contributed by atoms with Crippen molar-refractivity contribution in [2.24, 2.45) is 5.18 Å². The first kappa shape index (κ1) is 19.6. The Morgan fingerprint density at radius 3 is 2.52 bits per heavy atom. The predicted molar refractivity (Wildman–Crippen MR) is 112 cm³/mol. The third-order valence-electron chi connectivity index (χ3n) is 5.48. The molecule has 1 aromatic heterocycles. The van der Waals surface area contributed by atoms with E-state index in [1.54, 1.807) is 9.58 Å². The predicted octanol–water partition coefficient (Wildman–Crippen LogP) is 2.70. The van der Waals surface area contributed by atoms with Gasteiger partial charge in [-0.25, -0.2) is 13.1 Å². The quantitative estimate of drug-likeness (QED) is 0.582. The first-order valence-corrected chi connectivity index (χ1v) is 11.4. The summed E-state index contributed by atoms with van der Waals surface area (Å²) in [7, 11) is -3.73. The third-order valence-corrected chi connectivity index (χ3v) is 7.17. The van der Waals surface area contributed by atoms with E-state index in [9.17, 15) is 18.1 Å². The Morgan fingerprint density at radius 1 is 1.06 bits per heavy atom. The fourth-order valence-corrected chi connectivity index (χ4v) is 5.58. The van der Waals surface area contributed by atoms with Crippen molar-refractivity contribution in [3.8, 4) is 16.9 Å². The molecule has 0 atom stereocenters. The Balaban J connectivity index is 1.78. The second-order valence-electron chi connectivity index (χ2n) is 7.36. The number of sulfone groups is 1. The summed E-state index contributed by atoms with van der Waals surface area (Å²) in [6.07, 6.45) is 0. The minimum absolute atomic E-state index is 0.0925. The Labute approximate surface area is 178 Å². The van der Waals surface area contributed by atoms with Gasteiger partial charge in [0.2, 0.25) is 0 Å². The average molecular weight is 438 g/mol. The largest absolute Gasteiger partial charge is 0.378 e. The van der Waals surface area contributed by atoms with Crippen molar-refractivity contribution in [1.29, 1.82) is 0 Å². The van der Waals surface area contributed by atoms with Crippen molar-refractivity contribution >= 4 is 21.4 Å². The summed E-state index contributed by atoms with van der Waals surface area (Å²) in [5.74, 6) is -0.681. The van der Waals surface area contributed by atoms with Gasteiger partial charge >= 0.3 is 0 Å². The number of aromatic nitrogens is 2. The van der Waals surface area contributed by atoms with Crippen LogP contribution in [0.1, 0.15) is 16.1 Å². The van der Waals surface area contributed by atoms with Crippen LogP contribution in [-0.4, -0.2) is 55.3 Å². The van der Waals surface area contributed by atoms with Crippen molar-refractivity contribution in [2.75, 3.05) is 26.3 Å². The zero-order valence-electron chi connectivity index (χ0n) is 16.4. The molecule has 2 aliphatic rings. The lowest BCUT2D eigenvalue weighted by atomic mass is 10.0. The lowest BCUT2D eigenvalue weighted by Crippen LogP contribution is -2.41. The topological polar surface area (TPSA) is 111 Å². The molecule has 1 amide bonds. The summed E-state index contributed by atoms with van der Waals surface area (Å²) < 4.78 is 33.0. The molecule has 0 unspecified atom stereocenters. The number of carbonyl (C=O) groups is 1. The van der Waals surface area contributed by atoms with Crippen molar-refractivity contribution < 1.29 is 17.9 Å². The number of nitrogens with zero attached hydrogens (tertiary/aromatic N) is 4. The Morgan fingerprint density at radius 2 is 1.81 bits per heavy atom. The van der Waals surface area contributed by atoms with Gasteiger partial charge in [0.15, 0.2) is 15.5 Å². The highest BCUT2D eigenvalue weighted by molar-refractivity contribution is 7.90. The van der Waals surface area contributed by atoms with Crippen LogP contribution in [0.15, 0.2) is 58.6 Å². The van der Waals surface area contributed by atoms with E-state index in [1.165, 1.54) is 18.2 Å². The monoisotopic (exact) mass is 438 g/mol. The molecule has 3 heterocycles. The Bertz CT molecular complexity index is 1290. The number of rotatable bonds is 3. The molecular formula is C21H18N4O5S. The van der Waals surface area contributed by atoms with Crippen LogP contribution >= 0.6 is 0 Å². The molecule has 0 spiro atoms. The van der Waals surface area contributed by atoms with Crippen molar-refractivity contribution in [2.45, 2.75) is 10.6 Å². The van der Waals surface area contributed by atoms with Crippen LogP contribution in [0.5, 0.6) is 0 Å². The maximum absolute atomic E-state index is 13.3. The SMILES string of the molecule is O=Nc1ccc2c(c1)-c1c(c(C(=O)N3CCOCC3)nn1-c1ccccc1)CS2(=O)=O. The second-order valence-corrected chi connectivity index (χ2v) is 9.32. The molecule has 3 aromatic rings. The van der Waals surface area contributed by atoms with E-state index < -0.39 is 9.84 Å². The number of hydrogen-bond acceptors (Lipinski definition) is 7. The molecule has 5 rings (SSSR count). The average Bonchev–Trinajstić information content (AvgIpc) is 3.18. The minimum Gasteiger partial charge on any atom is -0.378 e. The summed E-state index contributed by atoms with van der Waals surface area (Å²) >= 11 is 0. The van der Waals surface area contributed by atoms with Gasteiger partial charge in [0.1, 0.15) is 5.69 Å². The second kappa shape index (κ2) is 7.40. The summed E-state index contributed by atoms with van der Waals surface area (Å²) in [4.78, 5) is 26.2. The number of amides is 1. The zero-order valence-corrected chi connectivity index (χ0v) is 17.2. The van der Waals surface area contributed by atoms with E-state index in [0.29, 0.717) is 48.8 Å². The highest BCUT2D eigenvalue weighted by Gasteiger charge is 2.37. The number of morpholine rings is 1. The standard InChI is InChI=1S/C21H18N4O5S/c26-21(24-8-10-30-11-9-24)19-17-13-31(28,29)18-7-6-14(23-27)12-16(18)20(17)25(22-19)15-4-2-1-3-5-15/h1-7,12H,8-11,13H2. The molecule has 1 fully saturated rings. The van der Waals surface area contributed by atoms with Crippen LogP contribution in [0, 0.1) is 4.91 Å². The van der Waals surface area contributed by atoms with E-state index in [4.69, 9.17) is 4.74 Å². The zero-order chi connectivity index (χ0) is 21.6. The maximum Gasteiger partial charge on any atom is 0.274 e. The first-order valence-electron chi connectivity index (χ1n) is 9.74. The van der Waals surface area contributed by atoms with Crippen molar-refractivity contribution in [1.82, 2.24) is 14.7 Å². The molecular weight excluding hydrogens is 420 g/mol. The van der Waals surface area contributed by atoms with Gasteiger partial charge in [0.25, 0.3) is 5.91 Å². The lowest BCUT2D eigenvalue weighted by molar-refractivity contribution is 0.0298. The molecule has 10 heteroatoms.